The van der Waals surface area contributed by atoms with E-state index in [0.29, 0.717) is 5.56 Å². The quantitative estimate of drug-likeness (QED) is 0.855. The molecule has 3 nitrogen and oxygen atoms in total. The van der Waals surface area contributed by atoms with Crippen LogP contribution in [-0.2, 0) is 10.3 Å². The summed E-state index contributed by atoms with van der Waals surface area (Å²) in [6.07, 6.45) is 3.07. The lowest BCUT2D eigenvalue weighted by Gasteiger charge is -2.26. The van der Waals surface area contributed by atoms with E-state index in [2.05, 4.69) is 0 Å². The van der Waals surface area contributed by atoms with E-state index < -0.39 is 5.60 Å². The molecule has 0 saturated carbocycles. The predicted octanol–water partition coefficient (Wildman–Crippen LogP) is 2.16. The van der Waals surface area contributed by atoms with Gasteiger partial charge in [-0.15, -0.1) is 0 Å². The molecule has 0 aliphatic rings. The Kier molecular flexibility index (Phi) is 3.08. The van der Waals surface area contributed by atoms with Gasteiger partial charge in [-0.3, -0.25) is 0 Å². The van der Waals surface area contributed by atoms with Gasteiger partial charge in [0.1, 0.15) is 5.60 Å². The molecule has 3 heteroatoms. The van der Waals surface area contributed by atoms with Crippen LogP contribution in [0.1, 0.15) is 11.1 Å². The van der Waals surface area contributed by atoms with Crippen LogP contribution < -0.4 is 0 Å². The highest BCUT2D eigenvalue weighted by Gasteiger charge is 2.32. The summed E-state index contributed by atoms with van der Waals surface area (Å²) in [4.78, 5) is 0. The van der Waals surface area contributed by atoms with Gasteiger partial charge in [0.25, 0.3) is 0 Å². The molecule has 0 aliphatic heterocycles. The molecule has 0 bridgehead atoms. The van der Waals surface area contributed by atoms with Gasteiger partial charge in [-0.1, -0.05) is 30.3 Å². The zero-order chi connectivity index (χ0) is 11.4. The Balaban J connectivity index is 2.44. The number of hydrogen-bond acceptors (Lipinski definition) is 3. The zero-order valence-corrected chi connectivity index (χ0v) is 9.09. The molecule has 84 valence electrons. The van der Waals surface area contributed by atoms with Gasteiger partial charge in [0.2, 0.25) is 0 Å². The fourth-order valence-corrected chi connectivity index (χ4v) is 1.76. The molecule has 0 radical (unpaired) electrons. The first-order valence-electron chi connectivity index (χ1n) is 5.07. The molecule has 1 N–H and O–H groups in total. The van der Waals surface area contributed by atoms with Crippen molar-refractivity contribution in [1.82, 2.24) is 0 Å². The summed E-state index contributed by atoms with van der Waals surface area (Å²) in [5, 5.41) is 10.7. The summed E-state index contributed by atoms with van der Waals surface area (Å²) >= 11 is 0. The van der Waals surface area contributed by atoms with Gasteiger partial charge in [-0.25, -0.2) is 0 Å². The van der Waals surface area contributed by atoms with Crippen LogP contribution in [-0.4, -0.2) is 18.8 Å². The van der Waals surface area contributed by atoms with Crippen molar-refractivity contribution in [3.8, 4) is 0 Å². The summed E-state index contributed by atoms with van der Waals surface area (Å²) < 4.78 is 10.1. The largest absolute Gasteiger partial charge is 0.472 e. The molecule has 0 aliphatic carbocycles. The monoisotopic (exact) mass is 218 g/mol. The third-order valence-electron chi connectivity index (χ3n) is 2.60. The fourth-order valence-electron chi connectivity index (χ4n) is 1.76. The Hall–Kier alpha value is -1.58. The Morgan fingerprint density at radius 2 is 1.94 bits per heavy atom. The average molecular weight is 218 g/mol. The second kappa shape index (κ2) is 4.51. The van der Waals surface area contributed by atoms with Gasteiger partial charge in [0.15, 0.2) is 0 Å². The number of rotatable bonds is 4. The van der Waals surface area contributed by atoms with Crippen molar-refractivity contribution in [2.24, 2.45) is 0 Å². The van der Waals surface area contributed by atoms with E-state index in [1.807, 2.05) is 30.3 Å². The number of hydrogen-bond donors (Lipinski definition) is 1. The first-order valence-corrected chi connectivity index (χ1v) is 5.07. The van der Waals surface area contributed by atoms with Crippen LogP contribution in [0, 0.1) is 0 Å². The molecular weight excluding hydrogens is 204 g/mol. The van der Waals surface area contributed by atoms with E-state index in [4.69, 9.17) is 9.15 Å². The fraction of sp³-hybridized carbons (Fsp3) is 0.231. The molecule has 1 heterocycles. The molecule has 1 aromatic carbocycles. The SMILES string of the molecule is COCC(O)(c1ccccc1)c1ccoc1. The van der Waals surface area contributed by atoms with Gasteiger partial charge < -0.3 is 14.3 Å². The van der Waals surface area contributed by atoms with E-state index in [1.54, 1.807) is 19.4 Å². The summed E-state index contributed by atoms with van der Waals surface area (Å²) in [6, 6.07) is 11.2. The van der Waals surface area contributed by atoms with Crippen molar-refractivity contribution in [2.45, 2.75) is 5.60 Å². The molecule has 0 fully saturated rings. The van der Waals surface area contributed by atoms with E-state index in [9.17, 15) is 5.11 Å². The Bertz CT molecular complexity index is 422. The molecule has 2 rings (SSSR count). The first kappa shape index (κ1) is 10.9. The number of aliphatic hydroxyl groups is 1. The van der Waals surface area contributed by atoms with Crippen molar-refractivity contribution in [2.75, 3.05) is 13.7 Å². The number of benzene rings is 1. The molecule has 0 amide bonds. The summed E-state index contributed by atoms with van der Waals surface area (Å²) in [5.74, 6) is 0. The average Bonchev–Trinajstić information content (AvgIpc) is 2.84. The maximum atomic E-state index is 10.7. The van der Waals surface area contributed by atoms with E-state index in [-0.39, 0.29) is 6.61 Å². The van der Waals surface area contributed by atoms with Gasteiger partial charge in [0.05, 0.1) is 19.1 Å². The number of ether oxygens (including phenoxy) is 1. The lowest BCUT2D eigenvalue weighted by Crippen LogP contribution is -2.32. The highest BCUT2D eigenvalue weighted by Crippen LogP contribution is 2.29. The van der Waals surface area contributed by atoms with Gasteiger partial charge >= 0.3 is 0 Å². The first-order chi connectivity index (χ1) is 7.77. The van der Waals surface area contributed by atoms with Crippen molar-refractivity contribution in [3.05, 3.63) is 60.1 Å². The Labute approximate surface area is 94.3 Å². The van der Waals surface area contributed by atoms with Crippen LogP contribution in [0.5, 0.6) is 0 Å². The van der Waals surface area contributed by atoms with Crippen LogP contribution in [0.25, 0.3) is 0 Å². The lowest BCUT2D eigenvalue weighted by molar-refractivity contribution is -0.00365. The molecular formula is C13H14O3. The number of methoxy groups -OCH3 is 1. The maximum Gasteiger partial charge on any atom is 0.141 e. The molecule has 1 atom stereocenters. The second-order valence-corrected chi connectivity index (χ2v) is 3.67. The molecule has 1 aromatic heterocycles. The van der Waals surface area contributed by atoms with E-state index in [0.717, 1.165) is 5.56 Å². The van der Waals surface area contributed by atoms with Crippen molar-refractivity contribution in [1.29, 1.82) is 0 Å². The highest BCUT2D eigenvalue weighted by molar-refractivity contribution is 5.34. The van der Waals surface area contributed by atoms with Gasteiger partial charge in [-0.2, -0.15) is 0 Å². The van der Waals surface area contributed by atoms with E-state index in [1.165, 1.54) is 6.26 Å². The third-order valence-corrected chi connectivity index (χ3v) is 2.60. The van der Waals surface area contributed by atoms with Crippen LogP contribution >= 0.6 is 0 Å². The smallest absolute Gasteiger partial charge is 0.141 e. The van der Waals surface area contributed by atoms with Crippen LogP contribution in [0.2, 0.25) is 0 Å². The molecule has 0 spiro atoms. The van der Waals surface area contributed by atoms with Crippen LogP contribution in [0.4, 0.5) is 0 Å². The van der Waals surface area contributed by atoms with Crippen LogP contribution in [0.3, 0.4) is 0 Å². The molecule has 1 unspecified atom stereocenters. The number of furan rings is 1. The van der Waals surface area contributed by atoms with E-state index >= 15 is 0 Å². The zero-order valence-electron chi connectivity index (χ0n) is 9.09. The summed E-state index contributed by atoms with van der Waals surface area (Å²) in [5.41, 5.74) is 0.335. The highest BCUT2D eigenvalue weighted by atomic mass is 16.5. The van der Waals surface area contributed by atoms with Gasteiger partial charge in [0, 0.05) is 12.7 Å². The Morgan fingerprint density at radius 3 is 2.50 bits per heavy atom. The topological polar surface area (TPSA) is 42.6 Å². The second-order valence-electron chi connectivity index (χ2n) is 3.67. The van der Waals surface area contributed by atoms with Crippen molar-refractivity contribution >= 4 is 0 Å². The van der Waals surface area contributed by atoms with Crippen molar-refractivity contribution in [3.63, 3.8) is 0 Å². The van der Waals surface area contributed by atoms with Crippen molar-refractivity contribution < 1.29 is 14.3 Å². The standard InChI is InChI=1S/C13H14O3/c1-15-10-13(14,12-7-8-16-9-12)11-5-3-2-4-6-11/h2-9,14H,10H2,1H3. The lowest BCUT2D eigenvalue weighted by atomic mass is 9.89. The normalized spacial score (nSPS) is 14.6. The Morgan fingerprint density at radius 1 is 1.19 bits per heavy atom. The molecule has 0 saturated heterocycles. The molecule has 16 heavy (non-hydrogen) atoms. The third kappa shape index (κ3) is 1.87. The predicted molar refractivity (Wildman–Crippen MR) is 60.0 cm³/mol. The minimum Gasteiger partial charge on any atom is -0.472 e. The molecule has 2 aromatic rings. The minimum absolute atomic E-state index is 0.191. The van der Waals surface area contributed by atoms with Gasteiger partial charge in [-0.05, 0) is 11.6 Å². The minimum atomic E-state index is -1.15. The van der Waals surface area contributed by atoms with Crippen LogP contribution in [0.15, 0.2) is 53.3 Å². The summed E-state index contributed by atoms with van der Waals surface area (Å²) in [6.45, 7) is 0.191. The maximum absolute atomic E-state index is 10.7. The summed E-state index contributed by atoms with van der Waals surface area (Å²) in [7, 11) is 1.56.